The van der Waals surface area contributed by atoms with E-state index in [-0.39, 0.29) is 11.5 Å². The SMILES string of the molecule is CCCNc1ncc(F)cc1C(=O)NCCCOCC. The van der Waals surface area contributed by atoms with Crippen LogP contribution in [0.4, 0.5) is 10.2 Å². The van der Waals surface area contributed by atoms with Gasteiger partial charge >= 0.3 is 0 Å². The number of nitrogens with zero attached hydrogens (tertiary/aromatic N) is 1. The molecule has 0 spiro atoms. The third-order valence-corrected chi connectivity index (χ3v) is 2.60. The number of aromatic nitrogens is 1. The summed E-state index contributed by atoms with van der Waals surface area (Å²) in [6.45, 7) is 6.35. The van der Waals surface area contributed by atoms with Gasteiger partial charge in [-0.3, -0.25) is 4.79 Å². The molecule has 1 heterocycles. The van der Waals surface area contributed by atoms with E-state index in [0.717, 1.165) is 19.0 Å². The van der Waals surface area contributed by atoms with Crippen molar-refractivity contribution in [3.8, 4) is 0 Å². The fourth-order valence-corrected chi connectivity index (χ4v) is 1.61. The van der Waals surface area contributed by atoms with E-state index in [2.05, 4.69) is 15.6 Å². The van der Waals surface area contributed by atoms with Crippen LogP contribution in [0.3, 0.4) is 0 Å². The summed E-state index contributed by atoms with van der Waals surface area (Å²) in [5, 5.41) is 5.75. The molecule has 0 bridgehead atoms. The van der Waals surface area contributed by atoms with Crippen LogP contribution in [0.25, 0.3) is 0 Å². The largest absolute Gasteiger partial charge is 0.382 e. The first kappa shape index (κ1) is 16.4. The summed E-state index contributed by atoms with van der Waals surface area (Å²) >= 11 is 0. The number of nitrogens with one attached hydrogen (secondary N) is 2. The molecule has 0 saturated heterocycles. The first-order chi connectivity index (χ1) is 9.69. The topological polar surface area (TPSA) is 63.2 Å². The molecule has 0 radical (unpaired) electrons. The Bertz CT molecular complexity index is 427. The molecule has 6 heteroatoms. The van der Waals surface area contributed by atoms with Crippen LogP contribution in [0.2, 0.25) is 0 Å². The Morgan fingerprint density at radius 2 is 2.20 bits per heavy atom. The highest BCUT2D eigenvalue weighted by molar-refractivity contribution is 5.98. The number of amides is 1. The van der Waals surface area contributed by atoms with Gasteiger partial charge in [-0.25, -0.2) is 9.37 Å². The minimum atomic E-state index is -0.522. The van der Waals surface area contributed by atoms with Crippen molar-refractivity contribution in [1.82, 2.24) is 10.3 Å². The number of hydrogen-bond donors (Lipinski definition) is 2. The highest BCUT2D eigenvalue weighted by Gasteiger charge is 2.13. The van der Waals surface area contributed by atoms with Gasteiger partial charge in [0.05, 0.1) is 11.8 Å². The van der Waals surface area contributed by atoms with Crippen LogP contribution >= 0.6 is 0 Å². The van der Waals surface area contributed by atoms with Gasteiger partial charge in [-0.05, 0) is 25.8 Å². The van der Waals surface area contributed by atoms with Crippen molar-refractivity contribution in [2.24, 2.45) is 0 Å². The Morgan fingerprint density at radius 1 is 1.40 bits per heavy atom. The zero-order valence-electron chi connectivity index (χ0n) is 12.0. The van der Waals surface area contributed by atoms with Crippen molar-refractivity contribution in [1.29, 1.82) is 0 Å². The molecule has 2 N–H and O–H groups in total. The van der Waals surface area contributed by atoms with Crippen molar-refractivity contribution in [2.75, 3.05) is 31.6 Å². The molecular formula is C14H22FN3O2. The summed E-state index contributed by atoms with van der Waals surface area (Å²) in [5.41, 5.74) is 0.231. The average molecular weight is 283 g/mol. The van der Waals surface area contributed by atoms with E-state index in [0.29, 0.717) is 32.1 Å². The Balaban J connectivity index is 2.58. The van der Waals surface area contributed by atoms with Gasteiger partial charge in [-0.2, -0.15) is 0 Å². The second-order valence-corrected chi connectivity index (χ2v) is 4.28. The van der Waals surface area contributed by atoms with Gasteiger partial charge in [-0.1, -0.05) is 6.92 Å². The summed E-state index contributed by atoms with van der Waals surface area (Å²) in [6.07, 6.45) is 2.72. The standard InChI is InChI=1S/C14H22FN3O2/c1-3-6-16-13-12(9-11(15)10-18-13)14(19)17-7-5-8-20-4-2/h9-10H,3-8H2,1-2H3,(H,16,18)(H,17,19). The predicted octanol–water partition coefficient (Wildman–Crippen LogP) is 2.20. The van der Waals surface area contributed by atoms with Crippen LogP contribution in [0.5, 0.6) is 0 Å². The molecule has 0 aliphatic rings. The zero-order valence-corrected chi connectivity index (χ0v) is 12.0. The molecule has 0 fully saturated rings. The monoisotopic (exact) mass is 283 g/mol. The number of anilines is 1. The maximum atomic E-state index is 13.2. The second-order valence-electron chi connectivity index (χ2n) is 4.28. The van der Waals surface area contributed by atoms with E-state index in [1.807, 2.05) is 13.8 Å². The molecule has 0 saturated carbocycles. The minimum Gasteiger partial charge on any atom is -0.382 e. The maximum Gasteiger partial charge on any atom is 0.255 e. The summed E-state index contributed by atoms with van der Waals surface area (Å²) in [5.74, 6) is -0.436. The minimum absolute atomic E-state index is 0.231. The lowest BCUT2D eigenvalue weighted by molar-refractivity contribution is 0.0944. The highest BCUT2D eigenvalue weighted by atomic mass is 19.1. The van der Waals surface area contributed by atoms with E-state index >= 15 is 0 Å². The van der Waals surface area contributed by atoms with Crippen molar-refractivity contribution in [3.63, 3.8) is 0 Å². The van der Waals surface area contributed by atoms with Gasteiger partial charge in [0.25, 0.3) is 5.91 Å². The normalized spacial score (nSPS) is 10.3. The molecule has 1 aromatic heterocycles. The molecule has 0 aromatic carbocycles. The summed E-state index contributed by atoms with van der Waals surface area (Å²) < 4.78 is 18.4. The summed E-state index contributed by atoms with van der Waals surface area (Å²) in [7, 11) is 0. The molecule has 20 heavy (non-hydrogen) atoms. The van der Waals surface area contributed by atoms with Crippen LogP contribution in [-0.4, -0.2) is 37.2 Å². The predicted molar refractivity (Wildman–Crippen MR) is 76.4 cm³/mol. The van der Waals surface area contributed by atoms with Gasteiger partial charge in [-0.15, -0.1) is 0 Å². The van der Waals surface area contributed by atoms with Crippen molar-refractivity contribution in [3.05, 3.63) is 23.6 Å². The van der Waals surface area contributed by atoms with Crippen LogP contribution in [0, 0.1) is 5.82 Å². The lowest BCUT2D eigenvalue weighted by atomic mass is 10.2. The van der Waals surface area contributed by atoms with Crippen LogP contribution in [0.15, 0.2) is 12.3 Å². The number of pyridine rings is 1. The molecule has 0 unspecified atom stereocenters. The van der Waals surface area contributed by atoms with Crippen LogP contribution < -0.4 is 10.6 Å². The van der Waals surface area contributed by atoms with Gasteiger partial charge in [0.15, 0.2) is 0 Å². The molecule has 5 nitrogen and oxygen atoms in total. The molecule has 112 valence electrons. The van der Waals surface area contributed by atoms with Crippen LogP contribution in [0.1, 0.15) is 37.0 Å². The Kier molecular flexibility index (Phi) is 7.57. The quantitative estimate of drug-likeness (QED) is 0.682. The molecule has 0 aliphatic carbocycles. The first-order valence-electron chi connectivity index (χ1n) is 6.94. The number of carbonyl (C=O) groups excluding carboxylic acids is 1. The lowest BCUT2D eigenvalue weighted by Gasteiger charge is -2.11. The van der Waals surface area contributed by atoms with Gasteiger partial charge < -0.3 is 15.4 Å². The number of rotatable bonds is 9. The third kappa shape index (κ3) is 5.52. The van der Waals surface area contributed by atoms with E-state index < -0.39 is 5.82 Å². The molecule has 1 aromatic rings. The molecular weight excluding hydrogens is 261 g/mol. The van der Waals surface area contributed by atoms with E-state index in [9.17, 15) is 9.18 Å². The number of carbonyl (C=O) groups is 1. The second kappa shape index (κ2) is 9.25. The van der Waals surface area contributed by atoms with Crippen LogP contribution in [-0.2, 0) is 4.74 Å². The maximum absolute atomic E-state index is 13.2. The van der Waals surface area contributed by atoms with Gasteiger partial charge in [0.1, 0.15) is 11.6 Å². The van der Waals surface area contributed by atoms with Gasteiger partial charge in [0.2, 0.25) is 0 Å². The summed E-state index contributed by atoms with van der Waals surface area (Å²) in [6, 6.07) is 1.20. The van der Waals surface area contributed by atoms with Crippen molar-refractivity contribution in [2.45, 2.75) is 26.7 Å². The lowest BCUT2D eigenvalue weighted by Crippen LogP contribution is -2.26. The summed E-state index contributed by atoms with van der Waals surface area (Å²) in [4.78, 5) is 15.9. The zero-order chi connectivity index (χ0) is 14.8. The Hall–Kier alpha value is -1.69. The molecule has 1 rings (SSSR count). The van der Waals surface area contributed by atoms with E-state index in [1.54, 1.807) is 0 Å². The number of ether oxygens (including phenoxy) is 1. The smallest absolute Gasteiger partial charge is 0.255 e. The number of halogens is 1. The number of hydrogen-bond acceptors (Lipinski definition) is 4. The Labute approximate surface area is 118 Å². The fourth-order valence-electron chi connectivity index (χ4n) is 1.61. The first-order valence-corrected chi connectivity index (χ1v) is 6.94. The highest BCUT2D eigenvalue weighted by Crippen LogP contribution is 2.13. The fraction of sp³-hybridized carbons (Fsp3) is 0.571. The third-order valence-electron chi connectivity index (χ3n) is 2.60. The van der Waals surface area contributed by atoms with Gasteiger partial charge in [0, 0.05) is 26.3 Å². The Morgan fingerprint density at radius 3 is 2.90 bits per heavy atom. The van der Waals surface area contributed by atoms with E-state index in [4.69, 9.17) is 4.74 Å². The molecule has 0 atom stereocenters. The van der Waals surface area contributed by atoms with Crippen molar-refractivity contribution < 1.29 is 13.9 Å². The molecule has 1 amide bonds. The molecule has 0 aliphatic heterocycles. The van der Waals surface area contributed by atoms with E-state index in [1.165, 1.54) is 6.07 Å². The van der Waals surface area contributed by atoms with Crippen molar-refractivity contribution >= 4 is 11.7 Å². The average Bonchev–Trinajstić information content (AvgIpc) is 2.45.